The summed E-state index contributed by atoms with van der Waals surface area (Å²) in [4.78, 5) is 20.8. The van der Waals surface area contributed by atoms with Crippen LogP contribution in [0.5, 0.6) is 0 Å². The van der Waals surface area contributed by atoms with Crippen LogP contribution in [0, 0.1) is 0 Å². The Morgan fingerprint density at radius 3 is 2.14 bits per heavy atom. The third-order valence-electron chi connectivity index (χ3n) is 1.79. The average Bonchev–Trinajstić information content (AvgIpc) is 2.19. The topological polar surface area (TPSA) is 54.4 Å². The molecule has 3 heteroatoms. The Kier molecular flexibility index (Phi) is 3.18. The predicted molar refractivity (Wildman–Crippen MR) is 53.1 cm³/mol. The molecule has 0 fully saturated rings. The molecule has 1 aromatic rings. The van der Waals surface area contributed by atoms with Crippen molar-refractivity contribution in [3.8, 4) is 0 Å². The molecule has 3 nitrogen and oxygen atoms in total. The number of hydrogen-bond donors (Lipinski definition) is 1. The van der Waals surface area contributed by atoms with Gasteiger partial charge in [0, 0.05) is 11.1 Å². The number of aliphatic carboxylic acids is 1. The second kappa shape index (κ2) is 4.37. The van der Waals surface area contributed by atoms with Crippen molar-refractivity contribution in [3.63, 3.8) is 0 Å². The number of benzene rings is 1. The van der Waals surface area contributed by atoms with Crippen molar-refractivity contribution in [2.45, 2.75) is 6.92 Å². The molecule has 0 bridgehead atoms. The smallest absolute Gasteiger partial charge is 0.331 e. The third kappa shape index (κ3) is 2.55. The molecule has 1 aromatic carbocycles. The SMILES string of the molecule is C/C(=C\c1ccc(C=O)cc1)C(=O)O. The number of carboxylic acid groups (broad SMARTS) is 1. The van der Waals surface area contributed by atoms with Gasteiger partial charge in [-0.2, -0.15) is 0 Å². The largest absolute Gasteiger partial charge is 0.478 e. The molecule has 0 saturated carbocycles. The predicted octanol–water partition coefficient (Wildman–Crippen LogP) is 1.99. The Morgan fingerprint density at radius 2 is 1.71 bits per heavy atom. The maximum Gasteiger partial charge on any atom is 0.331 e. The second-order valence-corrected chi connectivity index (χ2v) is 2.92. The van der Waals surface area contributed by atoms with E-state index < -0.39 is 5.97 Å². The van der Waals surface area contributed by atoms with Crippen molar-refractivity contribution in [1.29, 1.82) is 0 Å². The molecule has 0 aliphatic carbocycles. The van der Waals surface area contributed by atoms with Crippen molar-refractivity contribution in [2.24, 2.45) is 0 Å². The molecule has 0 amide bonds. The molecule has 0 atom stereocenters. The van der Waals surface area contributed by atoms with E-state index >= 15 is 0 Å². The van der Waals surface area contributed by atoms with Crippen LogP contribution in [0.3, 0.4) is 0 Å². The second-order valence-electron chi connectivity index (χ2n) is 2.92. The summed E-state index contributed by atoms with van der Waals surface area (Å²) in [5, 5.41) is 8.62. The van der Waals surface area contributed by atoms with Crippen LogP contribution in [-0.2, 0) is 4.79 Å². The van der Waals surface area contributed by atoms with Gasteiger partial charge in [0.15, 0.2) is 0 Å². The number of carbonyl (C=O) groups is 2. The van der Waals surface area contributed by atoms with Crippen molar-refractivity contribution < 1.29 is 14.7 Å². The summed E-state index contributed by atoms with van der Waals surface area (Å²) in [6.45, 7) is 1.52. The number of rotatable bonds is 3. The molecule has 0 aliphatic heterocycles. The van der Waals surface area contributed by atoms with Gasteiger partial charge in [0.2, 0.25) is 0 Å². The Bertz CT molecular complexity index is 374. The number of carboxylic acids is 1. The minimum absolute atomic E-state index is 0.267. The summed E-state index contributed by atoms with van der Waals surface area (Å²) in [5.74, 6) is -0.940. The van der Waals surface area contributed by atoms with Gasteiger partial charge < -0.3 is 5.11 Å². The summed E-state index contributed by atoms with van der Waals surface area (Å²) < 4.78 is 0. The standard InChI is InChI=1S/C11H10O3/c1-8(11(13)14)6-9-2-4-10(7-12)5-3-9/h2-7H,1H3,(H,13,14)/b8-6+. The average molecular weight is 190 g/mol. The summed E-state index contributed by atoms with van der Waals surface area (Å²) in [7, 11) is 0. The zero-order valence-corrected chi connectivity index (χ0v) is 7.73. The van der Waals surface area contributed by atoms with E-state index in [0.29, 0.717) is 5.56 Å². The molecular formula is C11H10O3. The molecule has 0 aromatic heterocycles. The minimum atomic E-state index is -0.940. The monoisotopic (exact) mass is 190 g/mol. The number of hydrogen-bond acceptors (Lipinski definition) is 2. The third-order valence-corrected chi connectivity index (χ3v) is 1.79. The van der Waals surface area contributed by atoms with E-state index in [0.717, 1.165) is 11.8 Å². The molecule has 0 aliphatic rings. The van der Waals surface area contributed by atoms with E-state index in [9.17, 15) is 9.59 Å². The Labute approximate surface area is 81.7 Å². The Balaban J connectivity index is 2.93. The van der Waals surface area contributed by atoms with Crippen molar-refractivity contribution >= 4 is 18.3 Å². The van der Waals surface area contributed by atoms with Crippen LogP contribution in [0.25, 0.3) is 6.08 Å². The van der Waals surface area contributed by atoms with Gasteiger partial charge in [0.1, 0.15) is 6.29 Å². The highest BCUT2D eigenvalue weighted by Crippen LogP contribution is 2.07. The first-order valence-electron chi connectivity index (χ1n) is 4.10. The summed E-state index contributed by atoms with van der Waals surface area (Å²) in [5.41, 5.74) is 1.62. The first kappa shape index (κ1) is 10.2. The fraction of sp³-hybridized carbons (Fsp3) is 0.0909. The molecule has 0 radical (unpaired) electrons. The first-order valence-corrected chi connectivity index (χ1v) is 4.10. The summed E-state index contributed by atoms with van der Waals surface area (Å²) in [6, 6.07) is 6.70. The van der Waals surface area contributed by atoms with Gasteiger partial charge in [-0.25, -0.2) is 4.79 Å². The van der Waals surface area contributed by atoms with Crippen LogP contribution in [0.4, 0.5) is 0 Å². The molecule has 14 heavy (non-hydrogen) atoms. The van der Waals surface area contributed by atoms with E-state index in [4.69, 9.17) is 5.11 Å². The minimum Gasteiger partial charge on any atom is -0.478 e. The summed E-state index contributed by atoms with van der Waals surface area (Å²) in [6.07, 6.45) is 2.30. The van der Waals surface area contributed by atoms with Crippen molar-refractivity contribution in [2.75, 3.05) is 0 Å². The van der Waals surface area contributed by atoms with E-state index in [-0.39, 0.29) is 5.57 Å². The maximum absolute atomic E-state index is 10.5. The molecule has 1 rings (SSSR count). The quantitative estimate of drug-likeness (QED) is 0.585. The van der Waals surface area contributed by atoms with Gasteiger partial charge in [0.25, 0.3) is 0 Å². The molecule has 0 unspecified atom stereocenters. The highest BCUT2D eigenvalue weighted by atomic mass is 16.4. The van der Waals surface area contributed by atoms with Crippen molar-refractivity contribution in [1.82, 2.24) is 0 Å². The van der Waals surface area contributed by atoms with Gasteiger partial charge in [-0.05, 0) is 18.6 Å². The molecule has 0 spiro atoms. The zero-order chi connectivity index (χ0) is 10.6. The van der Waals surface area contributed by atoms with Crippen molar-refractivity contribution in [3.05, 3.63) is 41.0 Å². The highest BCUT2D eigenvalue weighted by molar-refractivity contribution is 5.91. The van der Waals surface area contributed by atoms with E-state index in [1.54, 1.807) is 30.3 Å². The fourth-order valence-electron chi connectivity index (χ4n) is 0.983. The number of carbonyl (C=O) groups excluding carboxylic acids is 1. The lowest BCUT2D eigenvalue weighted by molar-refractivity contribution is -0.132. The molecular weight excluding hydrogens is 180 g/mol. The van der Waals surface area contributed by atoms with E-state index in [2.05, 4.69) is 0 Å². The van der Waals surface area contributed by atoms with Crippen LogP contribution < -0.4 is 0 Å². The molecule has 0 saturated heterocycles. The van der Waals surface area contributed by atoms with Gasteiger partial charge in [-0.3, -0.25) is 4.79 Å². The molecule has 72 valence electrons. The lowest BCUT2D eigenvalue weighted by Gasteiger charge is -1.95. The van der Waals surface area contributed by atoms with Crippen LogP contribution in [-0.4, -0.2) is 17.4 Å². The number of aldehydes is 1. The van der Waals surface area contributed by atoms with Gasteiger partial charge in [0.05, 0.1) is 0 Å². The molecule has 0 heterocycles. The van der Waals surface area contributed by atoms with E-state index in [1.165, 1.54) is 6.92 Å². The first-order chi connectivity index (χ1) is 6.63. The fourth-order valence-corrected chi connectivity index (χ4v) is 0.983. The molecule has 1 N–H and O–H groups in total. The Hall–Kier alpha value is -1.90. The Morgan fingerprint density at radius 1 is 1.21 bits per heavy atom. The van der Waals surface area contributed by atoms with Crippen LogP contribution >= 0.6 is 0 Å². The van der Waals surface area contributed by atoms with Crippen LogP contribution in [0.1, 0.15) is 22.8 Å². The van der Waals surface area contributed by atoms with Crippen LogP contribution in [0.2, 0.25) is 0 Å². The zero-order valence-electron chi connectivity index (χ0n) is 7.73. The highest BCUT2D eigenvalue weighted by Gasteiger charge is 1.99. The lowest BCUT2D eigenvalue weighted by atomic mass is 10.1. The lowest BCUT2D eigenvalue weighted by Crippen LogP contribution is -1.95. The van der Waals surface area contributed by atoms with Gasteiger partial charge in [-0.15, -0.1) is 0 Å². The normalized spacial score (nSPS) is 11.1. The van der Waals surface area contributed by atoms with Gasteiger partial charge in [-0.1, -0.05) is 24.3 Å². The van der Waals surface area contributed by atoms with E-state index in [1.807, 2.05) is 0 Å². The maximum atomic E-state index is 10.5. The van der Waals surface area contributed by atoms with Crippen LogP contribution in [0.15, 0.2) is 29.8 Å². The summed E-state index contributed by atoms with van der Waals surface area (Å²) >= 11 is 0. The van der Waals surface area contributed by atoms with Gasteiger partial charge >= 0.3 is 5.97 Å².